The quantitative estimate of drug-likeness (QED) is 0.818. The standard InChI is InChI=1S/C14H24N2O/c1-6-11-7-8-14(17-5)12(9-11)13(10-15-2)16(3)4/h7-9,13,15H,6,10H2,1-5H3. The summed E-state index contributed by atoms with van der Waals surface area (Å²) in [5.74, 6) is 0.969. The number of hydrogen-bond donors (Lipinski definition) is 1. The van der Waals surface area contributed by atoms with E-state index in [1.54, 1.807) is 7.11 Å². The normalized spacial score (nSPS) is 12.8. The molecule has 0 saturated carbocycles. The number of nitrogens with one attached hydrogen (secondary N) is 1. The van der Waals surface area contributed by atoms with Crippen LogP contribution < -0.4 is 10.1 Å². The first-order valence-corrected chi connectivity index (χ1v) is 6.11. The van der Waals surface area contributed by atoms with Gasteiger partial charge >= 0.3 is 0 Å². The smallest absolute Gasteiger partial charge is 0.123 e. The zero-order valence-corrected chi connectivity index (χ0v) is 11.6. The number of nitrogens with zero attached hydrogens (tertiary/aromatic N) is 1. The first kappa shape index (κ1) is 14.0. The summed E-state index contributed by atoms with van der Waals surface area (Å²) in [6, 6.07) is 6.79. The largest absolute Gasteiger partial charge is 0.496 e. The fourth-order valence-corrected chi connectivity index (χ4v) is 2.03. The first-order valence-electron chi connectivity index (χ1n) is 6.11. The van der Waals surface area contributed by atoms with E-state index >= 15 is 0 Å². The van der Waals surface area contributed by atoms with E-state index in [1.165, 1.54) is 11.1 Å². The van der Waals surface area contributed by atoms with Gasteiger partial charge in [-0.25, -0.2) is 0 Å². The topological polar surface area (TPSA) is 24.5 Å². The number of benzene rings is 1. The summed E-state index contributed by atoms with van der Waals surface area (Å²) < 4.78 is 5.47. The van der Waals surface area contributed by atoms with Gasteiger partial charge in [0.15, 0.2) is 0 Å². The molecule has 0 saturated heterocycles. The van der Waals surface area contributed by atoms with E-state index in [9.17, 15) is 0 Å². The molecule has 1 rings (SSSR count). The van der Waals surface area contributed by atoms with Crippen LogP contribution >= 0.6 is 0 Å². The number of ether oxygens (including phenoxy) is 1. The van der Waals surface area contributed by atoms with Gasteiger partial charge in [-0.3, -0.25) is 0 Å². The molecule has 0 aliphatic carbocycles. The summed E-state index contributed by atoms with van der Waals surface area (Å²) in [5, 5.41) is 3.24. The predicted octanol–water partition coefficient (Wildman–Crippen LogP) is 2.08. The summed E-state index contributed by atoms with van der Waals surface area (Å²) >= 11 is 0. The van der Waals surface area contributed by atoms with E-state index in [0.29, 0.717) is 6.04 Å². The third-order valence-corrected chi connectivity index (χ3v) is 3.08. The fourth-order valence-electron chi connectivity index (χ4n) is 2.03. The molecule has 0 fully saturated rings. The molecular formula is C14H24N2O. The van der Waals surface area contributed by atoms with Crippen molar-refractivity contribution >= 4 is 0 Å². The zero-order chi connectivity index (χ0) is 12.8. The summed E-state index contributed by atoms with van der Waals surface area (Å²) in [6.45, 7) is 3.09. The van der Waals surface area contributed by atoms with Crippen LogP contribution in [0.1, 0.15) is 24.1 Å². The Morgan fingerprint density at radius 1 is 1.35 bits per heavy atom. The molecule has 1 unspecified atom stereocenters. The van der Waals surface area contributed by atoms with Gasteiger partial charge in [0, 0.05) is 12.1 Å². The van der Waals surface area contributed by atoms with Crippen molar-refractivity contribution in [3.05, 3.63) is 29.3 Å². The zero-order valence-electron chi connectivity index (χ0n) is 11.6. The van der Waals surface area contributed by atoms with Gasteiger partial charge in [-0.1, -0.05) is 19.1 Å². The van der Waals surface area contributed by atoms with Crippen molar-refractivity contribution in [3.8, 4) is 5.75 Å². The van der Waals surface area contributed by atoms with E-state index in [1.807, 2.05) is 7.05 Å². The fraction of sp³-hybridized carbons (Fsp3) is 0.571. The highest BCUT2D eigenvalue weighted by atomic mass is 16.5. The Hall–Kier alpha value is -1.06. The van der Waals surface area contributed by atoms with Crippen molar-refractivity contribution in [2.45, 2.75) is 19.4 Å². The number of rotatable bonds is 6. The van der Waals surface area contributed by atoms with Crippen LogP contribution in [0.15, 0.2) is 18.2 Å². The molecular weight excluding hydrogens is 212 g/mol. The van der Waals surface area contributed by atoms with Gasteiger partial charge in [0.1, 0.15) is 5.75 Å². The highest BCUT2D eigenvalue weighted by Gasteiger charge is 2.17. The molecule has 3 heteroatoms. The van der Waals surface area contributed by atoms with Gasteiger partial charge in [0.2, 0.25) is 0 Å². The molecule has 96 valence electrons. The van der Waals surface area contributed by atoms with E-state index in [2.05, 4.69) is 49.4 Å². The van der Waals surface area contributed by atoms with Gasteiger partial charge in [-0.2, -0.15) is 0 Å². The second-order valence-corrected chi connectivity index (χ2v) is 4.47. The van der Waals surface area contributed by atoms with Gasteiger partial charge in [0.25, 0.3) is 0 Å². The Morgan fingerprint density at radius 2 is 2.06 bits per heavy atom. The lowest BCUT2D eigenvalue weighted by Gasteiger charge is -2.26. The van der Waals surface area contributed by atoms with Gasteiger partial charge < -0.3 is 15.0 Å². The number of methoxy groups -OCH3 is 1. The maximum Gasteiger partial charge on any atom is 0.123 e. The Balaban J connectivity index is 3.13. The molecule has 0 radical (unpaired) electrons. The second kappa shape index (κ2) is 6.62. The van der Waals surface area contributed by atoms with Crippen molar-refractivity contribution in [1.82, 2.24) is 10.2 Å². The summed E-state index contributed by atoms with van der Waals surface area (Å²) in [5.41, 5.74) is 2.61. The monoisotopic (exact) mass is 236 g/mol. The van der Waals surface area contributed by atoms with E-state index in [4.69, 9.17) is 4.74 Å². The predicted molar refractivity (Wildman–Crippen MR) is 72.7 cm³/mol. The SMILES string of the molecule is CCc1ccc(OC)c(C(CNC)N(C)C)c1. The average Bonchev–Trinajstić information content (AvgIpc) is 2.34. The lowest BCUT2D eigenvalue weighted by atomic mass is 10.0. The van der Waals surface area contributed by atoms with Crippen LogP contribution in [0.5, 0.6) is 5.75 Å². The van der Waals surface area contributed by atoms with Gasteiger partial charge in [-0.15, -0.1) is 0 Å². The van der Waals surface area contributed by atoms with Crippen molar-refractivity contribution in [2.75, 3.05) is 34.8 Å². The number of aryl methyl sites for hydroxylation is 1. The van der Waals surface area contributed by atoms with E-state index in [-0.39, 0.29) is 0 Å². The molecule has 0 bridgehead atoms. The first-order chi connectivity index (χ1) is 8.13. The third kappa shape index (κ3) is 3.45. The molecule has 3 nitrogen and oxygen atoms in total. The van der Waals surface area contributed by atoms with Crippen LogP contribution in [0.4, 0.5) is 0 Å². The highest BCUT2D eigenvalue weighted by molar-refractivity contribution is 5.39. The Bertz CT molecular complexity index is 350. The third-order valence-electron chi connectivity index (χ3n) is 3.08. The lowest BCUT2D eigenvalue weighted by Crippen LogP contribution is -2.29. The van der Waals surface area contributed by atoms with Gasteiger partial charge in [-0.05, 0) is 39.2 Å². The molecule has 1 aromatic rings. The van der Waals surface area contributed by atoms with Crippen LogP contribution in [-0.2, 0) is 6.42 Å². The Labute approximate surface area is 105 Å². The van der Waals surface area contributed by atoms with E-state index < -0.39 is 0 Å². The molecule has 0 aliphatic heterocycles. The number of hydrogen-bond acceptors (Lipinski definition) is 3. The number of likely N-dealkylation sites (N-methyl/N-ethyl adjacent to an activating group) is 2. The van der Waals surface area contributed by atoms with Crippen molar-refractivity contribution in [1.29, 1.82) is 0 Å². The minimum absolute atomic E-state index is 0.335. The van der Waals surface area contributed by atoms with Crippen molar-refractivity contribution in [3.63, 3.8) is 0 Å². The molecule has 1 aromatic carbocycles. The van der Waals surface area contributed by atoms with Crippen LogP contribution in [0, 0.1) is 0 Å². The molecule has 0 amide bonds. The van der Waals surface area contributed by atoms with Crippen LogP contribution in [0.25, 0.3) is 0 Å². The summed E-state index contributed by atoms with van der Waals surface area (Å²) in [7, 11) is 7.91. The summed E-state index contributed by atoms with van der Waals surface area (Å²) in [4.78, 5) is 2.22. The second-order valence-electron chi connectivity index (χ2n) is 4.47. The van der Waals surface area contributed by atoms with Crippen LogP contribution in [0.2, 0.25) is 0 Å². The van der Waals surface area contributed by atoms with E-state index in [0.717, 1.165) is 18.7 Å². The van der Waals surface area contributed by atoms with Crippen molar-refractivity contribution < 1.29 is 4.74 Å². The average molecular weight is 236 g/mol. The maximum absolute atomic E-state index is 5.47. The molecule has 17 heavy (non-hydrogen) atoms. The molecule has 0 aromatic heterocycles. The van der Waals surface area contributed by atoms with Crippen LogP contribution in [0.3, 0.4) is 0 Å². The summed E-state index contributed by atoms with van der Waals surface area (Å²) in [6.07, 6.45) is 1.05. The molecule has 0 aliphatic rings. The Morgan fingerprint density at radius 3 is 2.53 bits per heavy atom. The van der Waals surface area contributed by atoms with Crippen molar-refractivity contribution in [2.24, 2.45) is 0 Å². The minimum atomic E-state index is 0.335. The van der Waals surface area contributed by atoms with Crippen LogP contribution in [-0.4, -0.2) is 39.7 Å². The molecule has 1 atom stereocenters. The molecule has 1 N–H and O–H groups in total. The Kier molecular flexibility index (Phi) is 5.45. The lowest BCUT2D eigenvalue weighted by molar-refractivity contribution is 0.283. The maximum atomic E-state index is 5.47. The highest BCUT2D eigenvalue weighted by Crippen LogP contribution is 2.29. The molecule has 0 spiro atoms. The minimum Gasteiger partial charge on any atom is -0.496 e. The molecule has 0 heterocycles. The van der Waals surface area contributed by atoms with Gasteiger partial charge in [0.05, 0.1) is 13.2 Å².